The summed E-state index contributed by atoms with van der Waals surface area (Å²) in [5.41, 5.74) is -0.326. The van der Waals surface area contributed by atoms with E-state index in [1.54, 1.807) is 12.1 Å². The first-order chi connectivity index (χ1) is 11.7. The number of ether oxygens (including phenoxy) is 1. The number of carbonyl (C=O) groups is 2. The molecule has 0 fully saturated rings. The number of nitrogens with zero attached hydrogens (tertiary/aromatic N) is 1. The van der Waals surface area contributed by atoms with E-state index in [0.29, 0.717) is 17.1 Å². The van der Waals surface area contributed by atoms with Crippen LogP contribution in [0.25, 0.3) is 0 Å². The van der Waals surface area contributed by atoms with Gasteiger partial charge in [0.2, 0.25) is 0 Å². The molecule has 9 heteroatoms. The number of aryl methyl sites for hydroxylation is 1. The SMILES string of the molecule is Cc1nc(C(F)(F)F)ccc1C(=O)Nc1ccc2c(c1)NC(=O)CO2. The van der Waals surface area contributed by atoms with Gasteiger partial charge < -0.3 is 15.4 Å². The lowest BCUT2D eigenvalue weighted by atomic mass is 10.1. The largest absolute Gasteiger partial charge is 0.482 e. The van der Waals surface area contributed by atoms with Gasteiger partial charge in [0.15, 0.2) is 6.61 Å². The summed E-state index contributed by atoms with van der Waals surface area (Å²) in [6.07, 6.45) is -4.57. The van der Waals surface area contributed by atoms with Gasteiger partial charge >= 0.3 is 6.18 Å². The highest BCUT2D eigenvalue weighted by Crippen LogP contribution is 2.31. The Labute approximate surface area is 140 Å². The minimum Gasteiger partial charge on any atom is -0.482 e. The molecule has 1 aromatic heterocycles. The van der Waals surface area contributed by atoms with Gasteiger partial charge in [-0.15, -0.1) is 0 Å². The number of halogens is 3. The average Bonchev–Trinajstić information content (AvgIpc) is 2.53. The minimum absolute atomic E-state index is 0.0195. The van der Waals surface area contributed by atoms with E-state index in [1.807, 2.05) is 0 Å². The van der Waals surface area contributed by atoms with Crippen LogP contribution in [-0.2, 0) is 11.0 Å². The van der Waals surface area contributed by atoms with Crippen LogP contribution in [0.5, 0.6) is 5.75 Å². The maximum absolute atomic E-state index is 12.6. The Bertz CT molecular complexity index is 865. The molecule has 3 rings (SSSR count). The molecule has 0 spiro atoms. The third-order valence-corrected chi connectivity index (χ3v) is 3.49. The molecule has 0 unspecified atom stereocenters. The molecule has 0 radical (unpaired) electrons. The predicted molar refractivity (Wildman–Crippen MR) is 82.5 cm³/mol. The monoisotopic (exact) mass is 351 g/mol. The van der Waals surface area contributed by atoms with Gasteiger partial charge in [0.25, 0.3) is 11.8 Å². The maximum Gasteiger partial charge on any atom is 0.433 e. The number of pyridine rings is 1. The van der Waals surface area contributed by atoms with Gasteiger partial charge in [0.1, 0.15) is 11.4 Å². The Hall–Kier alpha value is -3.10. The third kappa shape index (κ3) is 3.54. The Morgan fingerprint density at radius 1 is 1.28 bits per heavy atom. The molecule has 130 valence electrons. The summed E-state index contributed by atoms with van der Waals surface area (Å²) in [5.74, 6) is -0.467. The van der Waals surface area contributed by atoms with Crippen LogP contribution in [0.1, 0.15) is 21.7 Å². The van der Waals surface area contributed by atoms with Gasteiger partial charge in [-0.05, 0) is 37.3 Å². The molecule has 1 aliphatic heterocycles. The zero-order valence-corrected chi connectivity index (χ0v) is 12.9. The van der Waals surface area contributed by atoms with E-state index in [1.165, 1.54) is 13.0 Å². The summed E-state index contributed by atoms with van der Waals surface area (Å²) < 4.78 is 43.1. The lowest BCUT2D eigenvalue weighted by Crippen LogP contribution is -2.25. The van der Waals surface area contributed by atoms with Crippen LogP contribution in [0.2, 0.25) is 0 Å². The van der Waals surface area contributed by atoms with Crippen molar-refractivity contribution in [3.63, 3.8) is 0 Å². The number of benzene rings is 1. The molecule has 0 atom stereocenters. The number of nitrogens with one attached hydrogen (secondary N) is 2. The van der Waals surface area contributed by atoms with E-state index >= 15 is 0 Å². The average molecular weight is 351 g/mol. The first-order valence-electron chi connectivity index (χ1n) is 7.17. The molecule has 2 amide bonds. The van der Waals surface area contributed by atoms with Gasteiger partial charge in [-0.2, -0.15) is 13.2 Å². The van der Waals surface area contributed by atoms with Gasteiger partial charge in [-0.25, -0.2) is 4.98 Å². The van der Waals surface area contributed by atoms with Gasteiger partial charge in [-0.1, -0.05) is 0 Å². The maximum atomic E-state index is 12.6. The summed E-state index contributed by atoms with van der Waals surface area (Å²) in [4.78, 5) is 27.0. The third-order valence-electron chi connectivity index (χ3n) is 3.49. The Kier molecular flexibility index (Phi) is 4.07. The van der Waals surface area contributed by atoms with Gasteiger partial charge in [0, 0.05) is 5.69 Å². The summed E-state index contributed by atoms with van der Waals surface area (Å²) in [5, 5.41) is 5.15. The molecule has 0 saturated carbocycles. The quantitative estimate of drug-likeness (QED) is 0.872. The standard InChI is InChI=1S/C16H12F3N3O3/c1-8-10(3-5-13(20-8)16(17,18)19)15(24)21-9-2-4-12-11(6-9)22-14(23)7-25-12/h2-6H,7H2,1H3,(H,21,24)(H,22,23). The van der Waals surface area contributed by atoms with Crippen molar-refractivity contribution < 1.29 is 27.5 Å². The molecule has 0 saturated heterocycles. The highest BCUT2D eigenvalue weighted by molar-refractivity contribution is 6.05. The van der Waals surface area contributed by atoms with Crippen LogP contribution in [0.3, 0.4) is 0 Å². The van der Waals surface area contributed by atoms with E-state index in [0.717, 1.165) is 12.1 Å². The second-order valence-electron chi connectivity index (χ2n) is 5.33. The van der Waals surface area contributed by atoms with Crippen LogP contribution in [-0.4, -0.2) is 23.4 Å². The van der Waals surface area contributed by atoms with Crippen molar-refractivity contribution in [2.45, 2.75) is 13.1 Å². The predicted octanol–water partition coefficient (Wildman–Crippen LogP) is 2.99. The minimum atomic E-state index is -4.57. The fraction of sp³-hybridized carbons (Fsp3) is 0.188. The van der Waals surface area contributed by atoms with Crippen LogP contribution in [0.4, 0.5) is 24.5 Å². The van der Waals surface area contributed by atoms with Crippen molar-refractivity contribution >= 4 is 23.2 Å². The summed E-state index contributed by atoms with van der Waals surface area (Å²) >= 11 is 0. The molecule has 1 aliphatic rings. The van der Waals surface area contributed by atoms with E-state index < -0.39 is 17.8 Å². The molecule has 25 heavy (non-hydrogen) atoms. The van der Waals surface area contributed by atoms with Crippen molar-refractivity contribution in [3.05, 3.63) is 47.3 Å². The van der Waals surface area contributed by atoms with Crippen molar-refractivity contribution in [3.8, 4) is 5.75 Å². The highest BCUT2D eigenvalue weighted by atomic mass is 19.4. The first kappa shape index (κ1) is 16.7. The number of amides is 2. The highest BCUT2D eigenvalue weighted by Gasteiger charge is 2.33. The molecular weight excluding hydrogens is 339 g/mol. The van der Waals surface area contributed by atoms with Crippen LogP contribution < -0.4 is 15.4 Å². The Morgan fingerprint density at radius 2 is 2.04 bits per heavy atom. The molecule has 1 aromatic carbocycles. The number of hydrogen-bond acceptors (Lipinski definition) is 4. The number of hydrogen-bond donors (Lipinski definition) is 2. The van der Waals surface area contributed by atoms with Crippen molar-refractivity contribution in [1.29, 1.82) is 0 Å². The van der Waals surface area contributed by atoms with Crippen molar-refractivity contribution in [1.82, 2.24) is 4.98 Å². The lowest BCUT2D eigenvalue weighted by Gasteiger charge is -2.18. The van der Waals surface area contributed by atoms with Gasteiger partial charge in [-0.3, -0.25) is 9.59 Å². The lowest BCUT2D eigenvalue weighted by molar-refractivity contribution is -0.141. The second kappa shape index (κ2) is 6.08. The van der Waals surface area contributed by atoms with Gasteiger partial charge in [0.05, 0.1) is 16.9 Å². The molecular formula is C16H12F3N3O3. The van der Waals surface area contributed by atoms with E-state index in [9.17, 15) is 22.8 Å². The second-order valence-corrected chi connectivity index (χ2v) is 5.33. The first-order valence-corrected chi connectivity index (χ1v) is 7.17. The summed E-state index contributed by atoms with van der Waals surface area (Å²) in [7, 11) is 0. The van der Waals surface area contributed by atoms with E-state index in [4.69, 9.17) is 4.74 Å². The molecule has 0 aliphatic carbocycles. The number of aromatic nitrogens is 1. The fourth-order valence-corrected chi connectivity index (χ4v) is 2.32. The topological polar surface area (TPSA) is 80.3 Å². The van der Waals surface area contributed by atoms with Crippen LogP contribution in [0.15, 0.2) is 30.3 Å². The number of alkyl halides is 3. The molecule has 0 bridgehead atoms. The summed E-state index contributed by atoms with van der Waals surface area (Å²) in [6, 6.07) is 6.45. The Morgan fingerprint density at radius 3 is 2.72 bits per heavy atom. The number of carbonyl (C=O) groups excluding carboxylic acids is 2. The van der Waals surface area contributed by atoms with Crippen molar-refractivity contribution in [2.75, 3.05) is 17.2 Å². The van der Waals surface area contributed by atoms with E-state index in [2.05, 4.69) is 15.6 Å². The van der Waals surface area contributed by atoms with Crippen molar-refractivity contribution in [2.24, 2.45) is 0 Å². The number of anilines is 2. The number of fused-ring (bicyclic) bond motifs is 1. The van der Waals surface area contributed by atoms with Crippen LogP contribution in [0, 0.1) is 6.92 Å². The molecule has 2 N–H and O–H groups in total. The van der Waals surface area contributed by atoms with Crippen LogP contribution >= 0.6 is 0 Å². The Balaban J connectivity index is 1.81. The molecule has 6 nitrogen and oxygen atoms in total. The normalized spacial score (nSPS) is 13.5. The zero-order chi connectivity index (χ0) is 18.2. The summed E-state index contributed by atoms with van der Waals surface area (Å²) in [6.45, 7) is 1.24. The number of rotatable bonds is 2. The fourth-order valence-electron chi connectivity index (χ4n) is 2.32. The zero-order valence-electron chi connectivity index (χ0n) is 12.9. The van der Waals surface area contributed by atoms with E-state index in [-0.39, 0.29) is 23.8 Å². The molecule has 2 heterocycles. The molecule has 2 aromatic rings. The smallest absolute Gasteiger partial charge is 0.433 e.